The Bertz CT molecular complexity index is 1470. The number of aliphatic imine (C=N–C) groups is 1. The van der Waals surface area contributed by atoms with Crippen LogP contribution in [0.1, 0.15) is 43.7 Å². The molecule has 2 heterocycles. The van der Waals surface area contributed by atoms with Crippen LogP contribution >= 0.6 is 0 Å². The number of aromatic nitrogens is 2. The summed E-state index contributed by atoms with van der Waals surface area (Å²) in [5.74, 6) is -1.52. The van der Waals surface area contributed by atoms with E-state index in [4.69, 9.17) is 11.5 Å². The molecule has 3 aromatic carbocycles. The van der Waals surface area contributed by atoms with Crippen molar-refractivity contribution < 1.29 is 14.0 Å². The summed E-state index contributed by atoms with van der Waals surface area (Å²) in [6, 6.07) is 17.8. The highest BCUT2D eigenvalue weighted by Gasteiger charge is 2.32. The molecule has 0 spiro atoms. The van der Waals surface area contributed by atoms with Gasteiger partial charge in [0.15, 0.2) is 0 Å². The molecule has 0 saturated heterocycles. The number of carbonyl (C=O) groups excluding carboxylic acids is 2. The number of hydrogen-bond acceptors (Lipinski definition) is 5. The van der Waals surface area contributed by atoms with Crippen LogP contribution in [0.25, 0.3) is 16.8 Å². The predicted molar refractivity (Wildman–Crippen MR) is 126 cm³/mol. The fourth-order valence-electron chi connectivity index (χ4n) is 4.17. The van der Waals surface area contributed by atoms with Gasteiger partial charge in [0, 0.05) is 23.4 Å². The van der Waals surface area contributed by atoms with Gasteiger partial charge in [0.2, 0.25) is 11.7 Å². The van der Waals surface area contributed by atoms with Gasteiger partial charge in [-0.15, -0.1) is 0 Å². The predicted octanol–water partition coefficient (Wildman–Crippen LogP) is 3.59. The van der Waals surface area contributed by atoms with E-state index in [2.05, 4.69) is 9.98 Å². The van der Waals surface area contributed by atoms with Crippen LogP contribution in [-0.2, 0) is 6.54 Å². The van der Waals surface area contributed by atoms with Gasteiger partial charge in [-0.05, 0) is 41.0 Å². The lowest BCUT2D eigenvalue weighted by atomic mass is 9.93. The molecular formula is C26H20FN5O2. The van der Waals surface area contributed by atoms with E-state index in [9.17, 15) is 9.59 Å². The van der Waals surface area contributed by atoms with E-state index in [1.54, 1.807) is 41.0 Å². The number of fused-ring (bicyclic) bond motifs is 1. The van der Waals surface area contributed by atoms with Gasteiger partial charge < -0.3 is 11.5 Å². The number of carbonyl (C=O) groups is 2. The van der Waals surface area contributed by atoms with Crippen molar-refractivity contribution in [2.45, 2.75) is 12.6 Å². The van der Waals surface area contributed by atoms with Crippen LogP contribution < -0.4 is 11.5 Å². The molecule has 1 atom stereocenters. The average Bonchev–Trinajstić information content (AvgIpc) is 3.30. The van der Waals surface area contributed by atoms with Crippen LogP contribution in [0.15, 0.2) is 78.0 Å². The third kappa shape index (κ3) is 3.60. The van der Waals surface area contributed by atoms with E-state index in [-0.39, 0.29) is 11.3 Å². The van der Waals surface area contributed by atoms with E-state index in [0.717, 1.165) is 11.1 Å². The molecule has 1 amide bonds. The number of amides is 1. The summed E-state index contributed by atoms with van der Waals surface area (Å²) in [6.07, 6.45) is 2.94. The first-order valence-electron chi connectivity index (χ1n) is 10.6. The summed E-state index contributed by atoms with van der Waals surface area (Å²) < 4.78 is 16.8. The SMILES string of the molecule is NCc1ccccc1-c1ccc(C2N=Cc3ncn(-c4cccc(C(N)=O)c4)c3C2=O)c(F)c1. The maximum Gasteiger partial charge on any atom is 0.248 e. The molecule has 7 nitrogen and oxygen atoms in total. The van der Waals surface area contributed by atoms with Gasteiger partial charge in [0.25, 0.3) is 0 Å². The van der Waals surface area contributed by atoms with Crippen molar-refractivity contribution in [2.75, 3.05) is 0 Å². The van der Waals surface area contributed by atoms with Crippen LogP contribution in [0.5, 0.6) is 0 Å². The Kier molecular flexibility index (Phi) is 5.35. The van der Waals surface area contributed by atoms with Crippen LogP contribution in [0.2, 0.25) is 0 Å². The summed E-state index contributed by atoms with van der Waals surface area (Å²) >= 11 is 0. The summed E-state index contributed by atoms with van der Waals surface area (Å²) in [6.45, 7) is 0.328. The number of hydrogen-bond donors (Lipinski definition) is 2. The Labute approximate surface area is 194 Å². The number of benzene rings is 3. The Morgan fingerprint density at radius 2 is 1.88 bits per heavy atom. The summed E-state index contributed by atoms with van der Waals surface area (Å²) in [5.41, 5.74) is 15.3. The molecule has 1 aliphatic heterocycles. The maximum atomic E-state index is 15.3. The number of nitrogens with two attached hydrogens (primary N) is 2. The zero-order chi connectivity index (χ0) is 23.8. The van der Waals surface area contributed by atoms with Gasteiger partial charge in [0.05, 0.1) is 6.21 Å². The summed E-state index contributed by atoms with van der Waals surface area (Å²) in [7, 11) is 0. The maximum absolute atomic E-state index is 15.3. The fourth-order valence-corrected chi connectivity index (χ4v) is 4.17. The number of primary amides is 1. The van der Waals surface area contributed by atoms with Crippen molar-refractivity contribution in [1.29, 1.82) is 0 Å². The zero-order valence-electron chi connectivity index (χ0n) is 18.0. The van der Waals surface area contributed by atoms with Crippen LogP contribution in [0.4, 0.5) is 4.39 Å². The molecule has 4 aromatic rings. The lowest BCUT2D eigenvalue weighted by Crippen LogP contribution is -2.21. The minimum atomic E-state index is -1.05. The van der Waals surface area contributed by atoms with Crippen molar-refractivity contribution in [3.8, 4) is 16.8 Å². The number of imidazole rings is 1. The minimum Gasteiger partial charge on any atom is -0.366 e. The summed E-state index contributed by atoms with van der Waals surface area (Å²) in [4.78, 5) is 33.6. The first-order valence-corrected chi connectivity index (χ1v) is 10.6. The Morgan fingerprint density at radius 1 is 1.06 bits per heavy atom. The van der Waals surface area contributed by atoms with Gasteiger partial charge in [0.1, 0.15) is 29.6 Å². The quantitative estimate of drug-likeness (QED) is 0.480. The van der Waals surface area contributed by atoms with Crippen molar-refractivity contribution in [3.05, 3.63) is 107 Å². The molecule has 5 rings (SSSR count). The molecule has 8 heteroatoms. The van der Waals surface area contributed by atoms with E-state index >= 15 is 4.39 Å². The number of nitrogens with zero attached hydrogens (tertiary/aromatic N) is 3. The number of halogens is 1. The molecule has 0 aliphatic carbocycles. The lowest BCUT2D eigenvalue weighted by molar-refractivity contribution is 0.0951. The standard InChI is InChI=1S/C26H20FN5O2/c27-21-11-15(19-7-2-1-4-17(19)12-28)8-9-20(21)23-25(33)24-22(13-30-23)31-14-32(24)18-6-3-5-16(10-18)26(29)34/h1-11,13-14,23H,12,28H2,(H2,29,34). The van der Waals surface area contributed by atoms with Crippen LogP contribution in [0, 0.1) is 5.82 Å². The second-order valence-corrected chi connectivity index (χ2v) is 7.91. The molecule has 1 unspecified atom stereocenters. The third-order valence-corrected chi connectivity index (χ3v) is 5.88. The topological polar surface area (TPSA) is 116 Å². The molecule has 34 heavy (non-hydrogen) atoms. The highest BCUT2D eigenvalue weighted by Crippen LogP contribution is 2.33. The van der Waals surface area contributed by atoms with Gasteiger partial charge in [-0.2, -0.15) is 0 Å². The molecule has 0 bridgehead atoms. The molecule has 0 fully saturated rings. The second kappa shape index (κ2) is 8.49. The highest BCUT2D eigenvalue weighted by molar-refractivity contribution is 6.09. The zero-order valence-corrected chi connectivity index (χ0v) is 18.0. The molecule has 0 saturated carbocycles. The Hall–Kier alpha value is -4.43. The average molecular weight is 453 g/mol. The first kappa shape index (κ1) is 21.4. The van der Waals surface area contributed by atoms with Gasteiger partial charge in [-0.1, -0.05) is 42.5 Å². The fraction of sp³-hybridized carbons (Fsp3) is 0.0769. The van der Waals surface area contributed by atoms with Crippen molar-refractivity contribution >= 4 is 17.9 Å². The van der Waals surface area contributed by atoms with E-state index < -0.39 is 23.5 Å². The minimum absolute atomic E-state index is 0.166. The Balaban J connectivity index is 1.52. The number of Topliss-reactive ketones (excluding diaryl/α,β-unsaturated/α-hetero) is 1. The normalized spacial score (nSPS) is 14.8. The third-order valence-electron chi connectivity index (χ3n) is 5.88. The van der Waals surface area contributed by atoms with Gasteiger partial charge >= 0.3 is 0 Å². The molecule has 4 N–H and O–H groups in total. The second-order valence-electron chi connectivity index (χ2n) is 7.91. The summed E-state index contributed by atoms with van der Waals surface area (Å²) in [5, 5.41) is 0. The number of rotatable bonds is 5. The van der Waals surface area contributed by atoms with Crippen LogP contribution in [-0.4, -0.2) is 27.5 Å². The van der Waals surface area contributed by atoms with Gasteiger partial charge in [-0.25, -0.2) is 9.37 Å². The lowest BCUT2D eigenvalue weighted by Gasteiger charge is -2.19. The van der Waals surface area contributed by atoms with Crippen molar-refractivity contribution in [3.63, 3.8) is 0 Å². The first-order chi connectivity index (χ1) is 16.5. The smallest absolute Gasteiger partial charge is 0.248 e. The molecule has 1 aromatic heterocycles. The monoisotopic (exact) mass is 453 g/mol. The van der Waals surface area contributed by atoms with E-state index in [0.29, 0.717) is 29.1 Å². The van der Waals surface area contributed by atoms with E-state index in [1.165, 1.54) is 18.6 Å². The van der Waals surface area contributed by atoms with Crippen molar-refractivity contribution in [1.82, 2.24) is 9.55 Å². The molecule has 1 aliphatic rings. The van der Waals surface area contributed by atoms with Crippen LogP contribution in [0.3, 0.4) is 0 Å². The molecule has 168 valence electrons. The largest absolute Gasteiger partial charge is 0.366 e. The molecular weight excluding hydrogens is 433 g/mol. The number of ketones is 1. The highest BCUT2D eigenvalue weighted by atomic mass is 19.1. The van der Waals surface area contributed by atoms with Crippen molar-refractivity contribution in [2.24, 2.45) is 16.5 Å². The van der Waals surface area contributed by atoms with E-state index in [1.807, 2.05) is 24.3 Å². The molecule has 0 radical (unpaired) electrons. The van der Waals surface area contributed by atoms with Gasteiger partial charge in [-0.3, -0.25) is 19.1 Å². The Morgan fingerprint density at radius 3 is 2.65 bits per heavy atom.